The van der Waals surface area contributed by atoms with E-state index >= 15 is 0 Å². The third-order valence-corrected chi connectivity index (χ3v) is 2.69. The molecule has 0 amide bonds. The first-order valence-corrected chi connectivity index (χ1v) is 5.06. The highest BCUT2D eigenvalue weighted by atomic mass is 32.2. The second-order valence-corrected chi connectivity index (χ2v) is 3.61. The van der Waals surface area contributed by atoms with Gasteiger partial charge in [0.2, 0.25) is 0 Å². The molecule has 0 aliphatic carbocycles. The van der Waals surface area contributed by atoms with Gasteiger partial charge in [-0.15, -0.1) is 11.8 Å². The number of esters is 1. The van der Waals surface area contributed by atoms with Crippen molar-refractivity contribution < 1.29 is 13.9 Å². The summed E-state index contributed by atoms with van der Waals surface area (Å²) in [5, 5.41) is 8.70. The van der Waals surface area contributed by atoms with Crippen LogP contribution in [0.25, 0.3) is 0 Å². The van der Waals surface area contributed by atoms with E-state index in [1.807, 2.05) is 0 Å². The second-order valence-electron chi connectivity index (χ2n) is 2.59. The molecule has 0 atom stereocenters. The van der Waals surface area contributed by atoms with Crippen molar-refractivity contribution in [3.8, 4) is 6.07 Å². The van der Waals surface area contributed by atoms with Gasteiger partial charge in [0, 0.05) is 4.90 Å². The topological polar surface area (TPSA) is 50.1 Å². The van der Waals surface area contributed by atoms with E-state index in [9.17, 15) is 9.18 Å². The molecule has 1 aromatic rings. The largest absolute Gasteiger partial charge is 0.468 e. The van der Waals surface area contributed by atoms with Gasteiger partial charge in [-0.1, -0.05) is 6.07 Å². The van der Waals surface area contributed by atoms with E-state index in [2.05, 4.69) is 4.74 Å². The van der Waals surface area contributed by atoms with Crippen molar-refractivity contribution in [3.05, 3.63) is 29.6 Å². The smallest absolute Gasteiger partial charge is 0.315 e. The molecule has 1 rings (SSSR count). The quantitative estimate of drug-likeness (QED) is 0.583. The SMILES string of the molecule is COC(=O)CSc1cccc(F)c1C#N. The summed E-state index contributed by atoms with van der Waals surface area (Å²) in [4.78, 5) is 11.3. The zero-order valence-corrected chi connectivity index (χ0v) is 8.81. The van der Waals surface area contributed by atoms with Crippen LogP contribution in [0.5, 0.6) is 0 Å². The van der Waals surface area contributed by atoms with Gasteiger partial charge < -0.3 is 4.74 Å². The van der Waals surface area contributed by atoms with Crippen LogP contribution in [0.1, 0.15) is 5.56 Å². The molecule has 5 heteroatoms. The van der Waals surface area contributed by atoms with Crippen LogP contribution in [0.2, 0.25) is 0 Å². The molecular formula is C10H8FNO2S. The lowest BCUT2D eigenvalue weighted by Gasteiger charge is -2.03. The number of ether oxygens (including phenoxy) is 1. The number of hydrogen-bond acceptors (Lipinski definition) is 4. The summed E-state index contributed by atoms with van der Waals surface area (Å²) >= 11 is 1.08. The summed E-state index contributed by atoms with van der Waals surface area (Å²) < 4.78 is 17.5. The fourth-order valence-corrected chi connectivity index (χ4v) is 1.78. The molecule has 3 nitrogen and oxygen atoms in total. The summed E-state index contributed by atoms with van der Waals surface area (Å²) in [6, 6.07) is 6.06. The van der Waals surface area contributed by atoms with E-state index < -0.39 is 11.8 Å². The number of methoxy groups -OCH3 is 1. The molecule has 78 valence electrons. The van der Waals surface area contributed by atoms with Crippen molar-refractivity contribution in [2.75, 3.05) is 12.9 Å². The lowest BCUT2D eigenvalue weighted by molar-refractivity contribution is -0.137. The van der Waals surface area contributed by atoms with Crippen molar-refractivity contribution in [1.82, 2.24) is 0 Å². The van der Waals surface area contributed by atoms with Crippen molar-refractivity contribution >= 4 is 17.7 Å². The summed E-state index contributed by atoms with van der Waals surface area (Å²) in [5.41, 5.74) is -0.0357. The standard InChI is InChI=1S/C10H8FNO2S/c1-14-10(13)6-15-9-4-2-3-8(11)7(9)5-12/h2-4H,6H2,1H3. The molecule has 0 spiro atoms. The highest BCUT2D eigenvalue weighted by Crippen LogP contribution is 2.24. The third-order valence-electron chi connectivity index (χ3n) is 1.66. The van der Waals surface area contributed by atoms with Crippen LogP contribution >= 0.6 is 11.8 Å². The molecule has 0 aliphatic heterocycles. The molecule has 0 fully saturated rings. The van der Waals surface area contributed by atoms with Crippen molar-refractivity contribution in [1.29, 1.82) is 5.26 Å². The van der Waals surface area contributed by atoms with Crippen molar-refractivity contribution in [3.63, 3.8) is 0 Å². The first kappa shape index (κ1) is 11.5. The number of carbonyl (C=O) groups excluding carboxylic acids is 1. The van der Waals surface area contributed by atoms with Gasteiger partial charge in [-0.3, -0.25) is 4.79 Å². The Kier molecular flexibility index (Phi) is 4.13. The van der Waals surface area contributed by atoms with E-state index in [1.165, 1.54) is 19.2 Å². The molecule has 0 unspecified atom stereocenters. The minimum Gasteiger partial charge on any atom is -0.468 e. The summed E-state index contributed by atoms with van der Waals surface area (Å²) in [7, 11) is 1.28. The second kappa shape index (κ2) is 5.37. The Morgan fingerprint density at radius 3 is 3.00 bits per heavy atom. The minimum atomic E-state index is -0.577. The normalized spacial score (nSPS) is 9.40. The highest BCUT2D eigenvalue weighted by molar-refractivity contribution is 8.00. The molecule has 0 N–H and O–H groups in total. The molecule has 0 radical (unpaired) electrons. The van der Waals surface area contributed by atoms with Crippen molar-refractivity contribution in [2.45, 2.75) is 4.90 Å². The number of rotatable bonds is 3. The molecule has 0 aromatic heterocycles. The lowest BCUT2D eigenvalue weighted by atomic mass is 10.2. The number of thioether (sulfide) groups is 1. The Bertz CT molecular complexity index is 414. The number of halogens is 1. The van der Waals surface area contributed by atoms with Crippen LogP contribution in [-0.2, 0) is 9.53 Å². The lowest BCUT2D eigenvalue weighted by Crippen LogP contribution is -2.03. The van der Waals surface area contributed by atoms with Gasteiger partial charge in [-0.25, -0.2) is 4.39 Å². The van der Waals surface area contributed by atoms with Gasteiger partial charge in [0.1, 0.15) is 17.4 Å². The van der Waals surface area contributed by atoms with E-state index in [1.54, 1.807) is 12.1 Å². The Morgan fingerprint density at radius 1 is 1.67 bits per heavy atom. The van der Waals surface area contributed by atoms with Crippen LogP contribution < -0.4 is 0 Å². The number of nitriles is 1. The third kappa shape index (κ3) is 2.96. The molecular weight excluding hydrogens is 217 g/mol. The Hall–Kier alpha value is -1.54. The van der Waals surface area contributed by atoms with Gasteiger partial charge in [0.05, 0.1) is 12.9 Å². The number of benzene rings is 1. The predicted octanol–water partition coefficient (Wildman–Crippen LogP) is 1.96. The molecule has 0 bridgehead atoms. The molecule has 1 aromatic carbocycles. The Morgan fingerprint density at radius 2 is 2.40 bits per heavy atom. The number of hydrogen-bond donors (Lipinski definition) is 0. The number of carbonyl (C=O) groups is 1. The summed E-state index contributed by atoms with van der Waals surface area (Å²) in [5.74, 6) is -0.922. The first-order chi connectivity index (χ1) is 7.19. The van der Waals surface area contributed by atoms with Gasteiger partial charge >= 0.3 is 5.97 Å². The van der Waals surface area contributed by atoms with Crippen LogP contribution in [0, 0.1) is 17.1 Å². The first-order valence-electron chi connectivity index (χ1n) is 4.07. The summed E-state index contributed by atoms with van der Waals surface area (Å²) in [6.07, 6.45) is 0. The zero-order chi connectivity index (χ0) is 11.3. The Balaban J connectivity index is 2.82. The van der Waals surface area contributed by atoms with Gasteiger partial charge in [0.15, 0.2) is 0 Å². The molecule has 15 heavy (non-hydrogen) atoms. The highest BCUT2D eigenvalue weighted by Gasteiger charge is 2.10. The Labute approximate surface area is 90.8 Å². The maximum Gasteiger partial charge on any atom is 0.315 e. The molecule has 0 heterocycles. The predicted molar refractivity (Wildman–Crippen MR) is 53.9 cm³/mol. The molecule has 0 aliphatic rings. The molecule has 0 saturated carbocycles. The minimum absolute atomic E-state index is 0.0357. The maximum absolute atomic E-state index is 13.1. The monoisotopic (exact) mass is 225 g/mol. The van der Waals surface area contributed by atoms with E-state index in [0.29, 0.717) is 4.90 Å². The van der Waals surface area contributed by atoms with Crippen molar-refractivity contribution in [2.24, 2.45) is 0 Å². The van der Waals surface area contributed by atoms with Crippen LogP contribution in [0.4, 0.5) is 4.39 Å². The van der Waals surface area contributed by atoms with E-state index in [0.717, 1.165) is 11.8 Å². The van der Waals surface area contributed by atoms with Crippen LogP contribution in [-0.4, -0.2) is 18.8 Å². The van der Waals surface area contributed by atoms with Gasteiger partial charge in [0.25, 0.3) is 0 Å². The van der Waals surface area contributed by atoms with Gasteiger partial charge in [-0.05, 0) is 12.1 Å². The maximum atomic E-state index is 13.1. The van der Waals surface area contributed by atoms with Gasteiger partial charge in [-0.2, -0.15) is 5.26 Å². The fourth-order valence-electron chi connectivity index (χ4n) is 0.929. The summed E-state index contributed by atoms with van der Waals surface area (Å²) in [6.45, 7) is 0. The van der Waals surface area contributed by atoms with E-state index in [4.69, 9.17) is 5.26 Å². The fraction of sp³-hybridized carbons (Fsp3) is 0.200. The molecule has 0 saturated heterocycles. The van der Waals surface area contributed by atoms with Crippen LogP contribution in [0.3, 0.4) is 0 Å². The average molecular weight is 225 g/mol. The number of nitrogens with zero attached hydrogens (tertiary/aromatic N) is 1. The zero-order valence-electron chi connectivity index (χ0n) is 7.99. The van der Waals surface area contributed by atoms with E-state index in [-0.39, 0.29) is 11.3 Å². The average Bonchev–Trinajstić information content (AvgIpc) is 2.25. The van der Waals surface area contributed by atoms with Crippen LogP contribution in [0.15, 0.2) is 23.1 Å².